The molecular formula is C50H48N12O6. The van der Waals surface area contributed by atoms with Crippen LogP contribution in [0.2, 0.25) is 0 Å². The molecular weight excluding hydrogens is 865 g/mol. The van der Waals surface area contributed by atoms with Crippen molar-refractivity contribution in [2.75, 3.05) is 54.9 Å². The molecule has 0 bridgehead atoms. The lowest BCUT2D eigenvalue weighted by Crippen LogP contribution is -2.06. The largest absolute Gasteiger partial charge is 0.497 e. The van der Waals surface area contributed by atoms with E-state index in [0.29, 0.717) is 73.8 Å². The van der Waals surface area contributed by atoms with Gasteiger partial charge in [-0.15, -0.1) is 0 Å². The Morgan fingerprint density at radius 3 is 1.65 bits per heavy atom. The van der Waals surface area contributed by atoms with Crippen molar-refractivity contribution in [3.8, 4) is 69.3 Å². The Bertz CT molecular complexity index is 3120. The zero-order valence-electron chi connectivity index (χ0n) is 38.1. The minimum Gasteiger partial charge on any atom is -0.497 e. The fraction of sp³-hybridized carbons (Fsp3) is 0.280. The summed E-state index contributed by atoms with van der Waals surface area (Å²) in [5, 5.41) is 38.1. The quantitative estimate of drug-likeness (QED) is 0.131. The zero-order chi connectivity index (χ0) is 47.0. The van der Waals surface area contributed by atoms with Gasteiger partial charge in [-0.2, -0.15) is 30.9 Å². The summed E-state index contributed by atoms with van der Waals surface area (Å²) in [4.78, 5) is 8.62. The molecule has 344 valence electrons. The lowest BCUT2D eigenvalue weighted by molar-refractivity contribution is 0.145. The molecule has 0 saturated heterocycles. The van der Waals surface area contributed by atoms with Crippen molar-refractivity contribution >= 4 is 0 Å². The second-order valence-corrected chi connectivity index (χ2v) is 15.9. The van der Waals surface area contributed by atoms with Gasteiger partial charge in [-0.1, -0.05) is 24.3 Å². The number of benzene rings is 2. The SMILES string of the molecule is COc1ccc(Cn2cc(-c3c4c(nn3-c3cnc(OC)c(C#N)c3)CCOCC4)cn2)cc1.COc1ccc(Cn2cc(-c3nn(-c4cnc(OC)c(C#N)c4)c4c3CCOCC4)cn2)cc1. The molecule has 18 heteroatoms. The van der Waals surface area contributed by atoms with Gasteiger partial charge < -0.3 is 28.4 Å². The molecule has 0 saturated carbocycles. The summed E-state index contributed by atoms with van der Waals surface area (Å²) in [6.45, 7) is 3.79. The Hall–Kier alpha value is -8.32. The number of hydrogen-bond acceptors (Lipinski definition) is 14. The molecule has 0 fully saturated rings. The number of nitriles is 2. The molecule has 2 aliphatic heterocycles. The highest BCUT2D eigenvalue weighted by molar-refractivity contribution is 5.67. The Morgan fingerprint density at radius 1 is 0.574 bits per heavy atom. The maximum atomic E-state index is 9.55. The molecule has 6 aromatic heterocycles. The average Bonchev–Trinajstić information content (AvgIpc) is 4.13. The monoisotopic (exact) mass is 912 g/mol. The fourth-order valence-electron chi connectivity index (χ4n) is 8.36. The molecule has 0 radical (unpaired) electrons. The highest BCUT2D eigenvalue weighted by Gasteiger charge is 2.26. The van der Waals surface area contributed by atoms with Crippen LogP contribution in [-0.2, 0) is 48.2 Å². The second-order valence-electron chi connectivity index (χ2n) is 15.9. The normalized spacial score (nSPS) is 13.1. The van der Waals surface area contributed by atoms with E-state index in [-0.39, 0.29) is 0 Å². The van der Waals surface area contributed by atoms with Gasteiger partial charge in [0.15, 0.2) is 0 Å². The molecule has 2 aromatic carbocycles. The Morgan fingerprint density at radius 2 is 1.09 bits per heavy atom. The molecule has 0 unspecified atom stereocenters. The summed E-state index contributed by atoms with van der Waals surface area (Å²) in [7, 11) is 6.32. The molecule has 0 N–H and O–H groups in total. The van der Waals surface area contributed by atoms with Crippen molar-refractivity contribution in [2.24, 2.45) is 0 Å². The van der Waals surface area contributed by atoms with Gasteiger partial charge in [-0.05, 0) is 60.4 Å². The van der Waals surface area contributed by atoms with Crippen molar-refractivity contribution in [3.63, 3.8) is 0 Å². The van der Waals surface area contributed by atoms with Crippen LogP contribution in [0.1, 0.15) is 44.8 Å². The molecule has 68 heavy (non-hydrogen) atoms. The van der Waals surface area contributed by atoms with Crippen LogP contribution in [0.3, 0.4) is 0 Å². The summed E-state index contributed by atoms with van der Waals surface area (Å²) >= 11 is 0. The first-order chi connectivity index (χ1) is 33.4. The van der Waals surface area contributed by atoms with Crippen LogP contribution in [0.15, 0.2) is 97.8 Å². The van der Waals surface area contributed by atoms with Crippen LogP contribution in [0.25, 0.3) is 33.9 Å². The fourth-order valence-corrected chi connectivity index (χ4v) is 8.36. The van der Waals surface area contributed by atoms with Gasteiger partial charge in [0.2, 0.25) is 11.8 Å². The minimum absolute atomic E-state index is 0.294. The summed E-state index contributed by atoms with van der Waals surface area (Å²) in [5.41, 5.74) is 12.4. The van der Waals surface area contributed by atoms with E-state index in [1.807, 2.05) is 92.0 Å². The van der Waals surface area contributed by atoms with Gasteiger partial charge >= 0.3 is 0 Å². The molecule has 10 rings (SSSR count). The first-order valence-electron chi connectivity index (χ1n) is 22.0. The topological polar surface area (TPSA) is 200 Å². The van der Waals surface area contributed by atoms with E-state index in [1.54, 1.807) is 38.7 Å². The van der Waals surface area contributed by atoms with Crippen molar-refractivity contribution in [3.05, 3.63) is 143 Å². The number of aromatic nitrogens is 10. The average molecular weight is 913 g/mol. The van der Waals surface area contributed by atoms with Gasteiger partial charge in [-0.3, -0.25) is 9.36 Å². The van der Waals surface area contributed by atoms with Crippen molar-refractivity contribution < 1.29 is 28.4 Å². The van der Waals surface area contributed by atoms with Crippen LogP contribution in [0, 0.1) is 22.7 Å². The third-order valence-corrected chi connectivity index (χ3v) is 11.7. The van der Waals surface area contributed by atoms with Crippen LogP contribution in [-0.4, -0.2) is 104 Å². The van der Waals surface area contributed by atoms with Crippen LogP contribution >= 0.6 is 0 Å². The molecule has 0 atom stereocenters. The third-order valence-electron chi connectivity index (χ3n) is 11.7. The molecule has 0 aliphatic carbocycles. The molecule has 0 spiro atoms. The van der Waals surface area contributed by atoms with E-state index < -0.39 is 0 Å². The summed E-state index contributed by atoms with van der Waals surface area (Å²) in [6, 6.07) is 23.7. The van der Waals surface area contributed by atoms with Crippen molar-refractivity contribution in [1.29, 1.82) is 10.5 Å². The Labute approximate surface area is 392 Å². The number of hydrogen-bond donors (Lipinski definition) is 0. The summed E-state index contributed by atoms with van der Waals surface area (Å²) in [5.74, 6) is 2.24. The number of fused-ring (bicyclic) bond motifs is 2. The van der Waals surface area contributed by atoms with Crippen LogP contribution in [0.5, 0.6) is 23.3 Å². The number of nitrogens with zero attached hydrogens (tertiary/aromatic N) is 12. The highest BCUT2D eigenvalue weighted by Crippen LogP contribution is 2.33. The van der Waals surface area contributed by atoms with Gasteiger partial charge in [0.1, 0.15) is 34.8 Å². The third kappa shape index (κ3) is 9.50. The molecule has 8 aromatic rings. The van der Waals surface area contributed by atoms with E-state index in [4.69, 9.17) is 38.6 Å². The molecule has 0 amide bonds. The van der Waals surface area contributed by atoms with Gasteiger partial charge in [-0.25, -0.2) is 19.3 Å². The first-order valence-corrected chi connectivity index (χ1v) is 22.0. The van der Waals surface area contributed by atoms with Crippen LogP contribution < -0.4 is 18.9 Å². The van der Waals surface area contributed by atoms with Crippen LogP contribution in [0.4, 0.5) is 0 Å². The lowest BCUT2D eigenvalue weighted by Gasteiger charge is -2.10. The smallest absolute Gasteiger partial charge is 0.231 e. The number of rotatable bonds is 12. The Kier molecular flexibility index (Phi) is 13.5. The first kappa shape index (κ1) is 44.9. The maximum Gasteiger partial charge on any atom is 0.231 e. The summed E-state index contributed by atoms with van der Waals surface area (Å²) < 4.78 is 39.9. The van der Waals surface area contributed by atoms with E-state index in [0.717, 1.165) is 93.3 Å². The zero-order valence-corrected chi connectivity index (χ0v) is 38.1. The number of methoxy groups -OCH3 is 4. The number of ether oxygens (including phenoxy) is 6. The molecule has 2 aliphatic rings. The second kappa shape index (κ2) is 20.5. The predicted molar refractivity (Wildman–Crippen MR) is 248 cm³/mol. The van der Waals surface area contributed by atoms with E-state index in [9.17, 15) is 10.5 Å². The minimum atomic E-state index is 0.294. The van der Waals surface area contributed by atoms with Gasteiger partial charge in [0.25, 0.3) is 0 Å². The maximum absolute atomic E-state index is 9.55. The summed E-state index contributed by atoms with van der Waals surface area (Å²) in [6.07, 6.45) is 14.0. The van der Waals surface area contributed by atoms with Gasteiger partial charge in [0, 0.05) is 47.5 Å². The predicted octanol–water partition coefficient (Wildman–Crippen LogP) is 6.37. The van der Waals surface area contributed by atoms with E-state index >= 15 is 0 Å². The molecule has 18 nitrogen and oxygen atoms in total. The van der Waals surface area contributed by atoms with Gasteiger partial charge in [0.05, 0.1) is 127 Å². The van der Waals surface area contributed by atoms with E-state index in [2.05, 4.69) is 32.3 Å². The van der Waals surface area contributed by atoms with E-state index in [1.165, 1.54) is 14.2 Å². The Balaban J connectivity index is 0.000000170. The standard InChI is InChI=1S/2C25H24N6O3/c1-32-21-5-3-17(4-6-21)15-30-16-19(13-28-30)24-22-7-9-34-10-8-23(22)31(29-24)20-11-18(12-26)25(33-2)27-14-20;1-32-21-5-3-17(4-6-21)15-30-16-19(13-28-30)24-22-7-9-34-10-8-23(22)29-31(24)20-11-18(12-26)25(33-2)27-14-20/h2*3-6,11,13-14,16H,7-10,15H2,1-2H3. The number of pyridine rings is 2. The molecule has 8 heterocycles. The lowest BCUT2D eigenvalue weighted by atomic mass is 10.0. The highest BCUT2D eigenvalue weighted by atomic mass is 16.5. The van der Waals surface area contributed by atoms with Crippen molar-refractivity contribution in [1.82, 2.24) is 49.1 Å². The van der Waals surface area contributed by atoms with Crippen molar-refractivity contribution in [2.45, 2.75) is 38.8 Å².